The molecule has 2 N–H and O–H groups in total. The molecule has 0 aliphatic heterocycles. The molecular weight excluding hydrogens is 199 g/mol. The minimum atomic E-state index is -1.11. The van der Waals surface area contributed by atoms with E-state index in [0.29, 0.717) is 5.69 Å². The molecule has 5 heteroatoms. The highest BCUT2D eigenvalue weighted by Crippen LogP contribution is 2.15. The van der Waals surface area contributed by atoms with Crippen molar-refractivity contribution < 1.29 is 14.3 Å². The van der Waals surface area contributed by atoms with Crippen molar-refractivity contribution in [3.8, 4) is 0 Å². The molecule has 0 heterocycles. The summed E-state index contributed by atoms with van der Waals surface area (Å²) in [6.45, 7) is 3.12. The van der Waals surface area contributed by atoms with E-state index in [0.717, 1.165) is 5.56 Å². The Hall–Kier alpha value is -1.91. The molecule has 0 amide bonds. The topological polar surface area (TPSA) is 61.7 Å². The van der Waals surface area contributed by atoms with E-state index in [1.165, 1.54) is 19.1 Å². The quantitative estimate of drug-likeness (QED) is 0.592. The molecule has 80 valence electrons. The standard InChI is InChI=1S/C10H11FN2O2/c1-6-3-4-8(11)5-9(6)13-12-7(2)10(14)15/h3-5,13H,1-2H3,(H,14,15)/b12-7+. The fraction of sp³-hybridized carbons (Fsp3) is 0.200. The number of benzene rings is 1. The first-order valence-corrected chi connectivity index (χ1v) is 4.30. The Morgan fingerprint density at radius 2 is 2.20 bits per heavy atom. The Morgan fingerprint density at radius 1 is 1.53 bits per heavy atom. The largest absolute Gasteiger partial charge is 0.477 e. The Balaban J connectivity index is 2.86. The molecule has 0 saturated carbocycles. The van der Waals surface area contributed by atoms with E-state index in [9.17, 15) is 9.18 Å². The summed E-state index contributed by atoms with van der Waals surface area (Å²) in [6, 6.07) is 4.17. The highest BCUT2D eigenvalue weighted by atomic mass is 19.1. The number of carboxylic acids is 1. The highest BCUT2D eigenvalue weighted by molar-refractivity contribution is 6.34. The van der Waals surface area contributed by atoms with E-state index in [1.54, 1.807) is 13.0 Å². The Labute approximate surface area is 86.4 Å². The first-order valence-electron chi connectivity index (χ1n) is 4.30. The minimum Gasteiger partial charge on any atom is -0.477 e. The molecular formula is C10H11FN2O2. The fourth-order valence-corrected chi connectivity index (χ4v) is 0.907. The third-order valence-corrected chi connectivity index (χ3v) is 1.85. The van der Waals surface area contributed by atoms with Gasteiger partial charge in [0.25, 0.3) is 0 Å². The summed E-state index contributed by atoms with van der Waals surface area (Å²) >= 11 is 0. The second kappa shape index (κ2) is 4.54. The number of hydrogen-bond acceptors (Lipinski definition) is 3. The van der Waals surface area contributed by atoms with Gasteiger partial charge in [0.1, 0.15) is 11.5 Å². The monoisotopic (exact) mass is 210 g/mol. The number of nitrogens with zero attached hydrogens (tertiary/aromatic N) is 1. The fourth-order valence-electron chi connectivity index (χ4n) is 0.907. The van der Waals surface area contributed by atoms with E-state index >= 15 is 0 Å². The molecule has 0 aliphatic carbocycles. The highest BCUT2D eigenvalue weighted by Gasteiger charge is 2.02. The van der Waals surface area contributed by atoms with Crippen molar-refractivity contribution in [1.82, 2.24) is 0 Å². The Bertz CT molecular complexity index is 416. The lowest BCUT2D eigenvalue weighted by atomic mass is 10.2. The number of nitrogens with one attached hydrogen (secondary N) is 1. The van der Waals surface area contributed by atoms with Crippen molar-refractivity contribution in [2.24, 2.45) is 5.10 Å². The van der Waals surface area contributed by atoms with Gasteiger partial charge in [-0.25, -0.2) is 9.18 Å². The second-order valence-electron chi connectivity index (χ2n) is 3.07. The van der Waals surface area contributed by atoms with Gasteiger partial charge in [-0.05, 0) is 31.5 Å². The Morgan fingerprint density at radius 3 is 2.80 bits per heavy atom. The zero-order valence-corrected chi connectivity index (χ0v) is 8.41. The predicted molar refractivity (Wildman–Crippen MR) is 55.5 cm³/mol. The van der Waals surface area contributed by atoms with Crippen LogP contribution in [0.4, 0.5) is 10.1 Å². The zero-order chi connectivity index (χ0) is 11.4. The van der Waals surface area contributed by atoms with Crippen molar-refractivity contribution in [2.75, 3.05) is 5.43 Å². The molecule has 15 heavy (non-hydrogen) atoms. The molecule has 0 aromatic heterocycles. The third-order valence-electron chi connectivity index (χ3n) is 1.85. The van der Waals surface area contributed by atoms with Crippen LogP contribution in [-0.2, 0) is 4.79 Å². The first kappa shape index (κ1) is 11.2. The summed E-state index contributed by atoms with van der Waals surface area (Å²) in [6.07, 6.45) is 0. The van der Waals surface area contributed by atoms with E-state index in [-0.39, 0.29) is 5.71 Å². The summed E-state index contributed by atoms with van der Waals surface area (Å²) in [5, 5.41) is 12.1. The normalized spacial score (nSPS) is 11.3. The average molecular weight is 210 g/mol. The molecule has 0 fully saturated rings. The number of carboxylic acid groups (broad SMARTS) is 1. The molecule has 0 atom stereocenters. The van der Waals surface area contributed by atoms with Gasteiger partial charge < -0.3 is 5.11 Å². The predicted octanol–water partition coefficient (Wildman–Crippen LogP) is 2.01. The smallest absolute Gasteiger partial charge is 0.351 e. The lowest BCUT2D eigenvalue weighted by Crippen LogP contribution is -2.10. The number of anilines is 1. The van der Waals surface area contributed by atoms with Crippen molar-refractivity contribution in [2.45, 2.75) is 13.8 Å². The number of aryl methyl sites for hydroxylation is 1. The maximum Gasteiger partial charge on any atom is 0.351 e. The van der Waals surface area contributed by atoms with Gasteiger partial charge in [-0.2, -0.15) is 5.10 Å². The van der Waals surface area contributed by atoms with Crippen LogP contribution in [0, 0.1) is 12.7 Å². The number of carbonyl (C=O) groups is 1. The molecule has 0 unspecified atom stereocenters. The minimum absolute atomic E-state index is 0.0846. The third kappa shape index (κ3) is 3.05. The van der Waals surface area contributed by atoms with Gasteiger partial charge in [-0.3, -0.25) is 5.43 Å². The van der Waals surface area contributed by atoms with Crippen molar-refractivity contribution in [1.29, 1.82) is 0 Å². The van der Waals surface area contributed by atoms with Crippen LogP contribution in [0.5, 0.6) is 0 Å². The molecule has 0 aliphatic rings. The van der Waals surface area contributed by atoms with E-state index < -0.39 is 11.8 Å². The maximum absolute atomic E-state index is 12.8. The van der Waals surface area contributed by atoms with Crippen LogP contribution in [0.1, 0.15) is 12.5 Å². The lowest BCUT2D eigenvalue weighted by molar-refractivity contribution is -0.129. The molecule has 1 rings (SSSR count). The molecule has 0 spiro atoms. The number of aliphatic carboxylic acids is 1. The van der Waals surface area contributed by atoms with Crippen LogP contribution < -0.4 is 5.43 Å². The number of hydrazone groups is 1. The average Bonchev–Trinajstić information content (AvgIpc) is 2.18. The van der Waals surface area contributed by atoms with Crippen LogP contribution in [0.3, 0.4) is 0 Å². The number of hydrogen-bond donors (Lipinski definition) is 2. The van der Waals surface area contributed by atoms with Crippen molar-refractivity contribution >= 4 is 17.4 Å². The molecule has 0 radical (unpaired) electrons. The van der Waals surface area contributed by atoms with Gasteiger partial charge in [-0.1, -0.05) is 6.07 Å². The maximum atomic E-state index is 12.8. The second-order valence-corrected chi connectivity index (χ2v) is 3.07. The summed E-state index contributed by atoms with van der Waals surface area (Å²) in [5.74, 6) is -1.51. The van der Waals surface area contributed by atoms with Crippen LogP contribution in [0.2, 0.25) is 0 Å². The van der Waals surface area contributed by atoms with Gasteiger partial charge in [0.15, 0.2) is 0 Å². The van der Waals surface area contributed by atoms with Gasteiger partial charge in [-0.15, -0.1) is 0 Å². The van der Waals surface area contributed by atoms with Crippen molar-refractivity contribution in [3.05, 3.63) is 29.6 Å². The number of halogens is 1. The van der Waals surface area contributed by atoms with Gasteiger partial charge in [0.2, 0.25) is 0 Å². The van der Waals surface area contributed by atoms with Gasteiger partial charge in [0, 0.05) is 0 Å². The summed E-state index contributed by atoms with van der Waals surface area (Å²) in [5.41, 5.74) is 3.66. The van der Waals surface area contributed by atoms with Crippen LogP contribution in [0.15, 0.2) is 23.3 Å². The van der Waals surface area contributed by atoms with E-state index in [4.69, 9.17) is 5.11 Å². The SMILES string of the molecule is C/C(=N\Nc1cc(F)ccc1C)C(=O)O. The molecule has 0 bridgehead atoms. The summed E-state index contributed by atoms with van der Waals surface area (Å²) < 4.78 is 12.8. The molecule has 4 nitrogen and oxygen atoms in total. The van der Waals surface area contributed by atoms with E-state index in [1.807, 2.05) is 0 Å². The summed E-state index contributed by atoms with van der Waals surface area (Å²) in [7, 11) is 0. The number of rotatable bonds is 3. The van der Waals surface area contributed by atoms with E-state index in [2.05, 4.69) is 10.5 Å². The van der Waals surface area contributed by atoms with Crippen LogP contribution in [-0.4, -0.2) is 16.8 Å². The summed E-state index contributed by atoms with van der Waals surface area (Å²) in [4.78, 5) is 10.4. The Kier molecular flexibility index (Phi) is 3.38. The van der Waals surface area contributed by atoms with Crippen LogP contribution >= 0.6 is 0 Å². The van der Waals surface area contributed by atoms with Gasteiger partial charge in [0.05, 0.1) is 5.69 Å². The zero-order valence-electron chi connectivity index (χ0n) is 8.41. The molecule has 0 saturated heterocycles. The molecule has 1 aromatic rings. The van der Waals surface area contributed by atoms with Gasteiger partial charge >= 0.3 is 5.97 Å². The first-order chi connectivity index (χ1) is 7.00. The van der Waals surface area contributed by atoms with Crippen LogP contribution in [0.25, 0.3) is 0 Å². The van der Waals surface area contributed by atoms with Crippen molar-refractivity contribution in [3.63, 3.8) is 0 Å². The molecule has 1 aromatic carbocycles. The lowest BCUT2D eigenvalue weighted by Gasteiger charge is -2.04.